The Labute approximate surface area is 164 Å². The van der Waals surface area contributed by atoms with Gasteiger partial charge < -0.3 is 14.8 Å². The van der Waals surface area contributed by atoms with Gasteiger partial charge in [-0.3, -0.25) is 9.69 Å². The third-order valence-corrected chi connectivity index (χ3v) is 6.16. The van der Waals surface area contributed by atoms with E-state index in [2.05, 4.69) is 10.2 Å². The SMILES string of the molecule is O=C(COc1cccc(Cl)c1Cl)NCC1(N2CCOCC2)CCCCC1. The first kappa shape index (κ1) is 19.7. The van der Waals surface area contributed by atoms with Crippen molar-refractivity contribution in [1.82, 2.24) is 10.2 Å². The maximum atomic E-state index is 12.3. The van der Waals surface area contributed by atoms with Gasteiger partial charge in [0, 0.05) is 25.2 Å². The molecular weight excluding hydrogens is 375 g/mol. The molecule has 2 aliphatic rings. The Morgan fingerprint density at radius 1 is 1.19 bits per heavy atom. The molecule has 1 saturated carbocycles. The molecule has 1 aliphatic carbocycles. The number of hydrogen-bond acceptors (Lipinski definition) is 4. The zero-order chi connectivity index (χ0) is 18.4. The number of nitrogens with zero attached hydrogens (tertiary/aromatic N) is 1. The smallest absolute Gasteiger partial charge is 0.258 e. The number of amides is 1. The monoisotopic (exact) mass is 400 g/mol. The topological polar surface area (TPSA) is 50.8 Å². The average Bonchev–Trinajstić information content (AvgIpc) is 2.69. The highest BCUT2D eigenvalue weighted by atomic mass is 35.5. The van der Waals surface area contributed by atoms with Crippen molar-refractivity contribution in [2.24, 2.45) is 0 Å². The van der Waals surface area contributed by atoms with Gasteiger partial charge >= 0.3 is 0 Å². The number of carbonyl (C=O) groups excluding carboxylic acids is 1. The second-order valence-electron chi connectivity index (χ2n) is 7.00. The number of morpholine rings is 1. The van der Waals surface area contributed by atoms with Crippen LogP contribution in [0.2, 0.25) is 10.0 Å². The molecule has 1 aromatic rings. The van der Waals surface area contributed by atoms with Gasteiger partial charge in [0.25, 0.3) is 5.91 Å². The van der Waals surface area contributed by atoms with Crippen molar-refractivity contribution in [2.45, 2.75) is 37.6 Å². The van der Waals surface area contributed by atoms with E-state index < -0.39 is 0 Å². The molecule has 2 fully saturated rings. The molecule has 5 nitrogen and oxygen atoms in total. The molecule has 0 aromatic heterocycles. The van der Waals surface area contributed by atoms with Crippen molar-refractivity contribution in [2.75, 3.05) is 39.5 Å². The summed E-state index contributed by atoms with van der Waals surface area (Å²) in [5, 5.41) is 3.82. The summed E-state index contributed by atoms with van der Waals surface area (Å²) in [6.07, 6.45) is 5.93. The predicted molar refractivity (Wildman–Crippen MR) is 103 cm³/mol. The molecule has 26 heavy (non-hydrogen) atoms. The number of hydrogen-bond donors (Lipinski definition) is 1. The van der Waals surface area contributed by atoms with Crippen LogP contribution in [0.3, 0.4) is 0 Å². The highest BCUT2D eigenvalue weighted by Crippen LogP contribution is 2.34. The summed E-state index contributed by atoms with van der Waals surface area (Å²) in [5.74, 6) is 0.286. The van der Waals surface area contributed by atoms with E-state index in [1.54, 1.807) is 18.2 Å². The molecule has 7 heteroatoms. The van der Waals surface area contributed by atoms with Gasteiger partial charge in [-0.1, -0.05) is 48.5 Å². The molecule has 1 saturated heterocycles. The Morgan fingerprint density at radius 3 is 2.65 bits per heavy atom. The van der Waals surface area contributed by atoms with Crippen LogP contribution < -0.4 is 10.1 Å². The minimum Gasteiger partial charge on any atom is -0.482 e. The predicted octanol–water partition coefficient (Wildman–Crippen LogP) is 3.52. The first-order chi connectivity index (χ1) is 12.6. The highest BCUT2D eigenvalue weighted by molar-refractivity contribution is 6.42. The van der Waals surface area contributed by atoms with Crippen LogP contribution in [0.15, 0.2) is 18.2 Å². The molecule has 1 aliphatic heterocycles. The summed E-state index contributed by atoms with van der Waals surface area (Å²) in [6.45, 7) is 3.99. The Hall–Kier alpha value is -1.01. The minimum atomic E-state index is -0.140. The lowest BCUT2D eigenvalue weighted by Gasteiger charge is -2.48. The van der Waals surface area contributed by atoms with E-state index in [-0.39, 0.29) is 18.1 Å². The van der Waals surface area contributed by atoms with Gasteiger partial charge in [0.2, 0.25) is 0 Å². The van der Waals surface area contributed by atoms with E-state index in [0.29, 0.717) is 22.3 Å². The number of benzene rings is 1. The summed E-state index contributed by atoms with van der Waals surface area (Å²) in [6, 6.07) is 5.14. The molecule has 0 atom stereocenters. The van der Waals surface area contributed by atoms with Gasteiger partial charge in [0.1, 0.15) is 10.8 Å². The number of carbonyl (C=O) groups is 1. The van der Waals surface area contributed by atoms with E-state index >= 15 is 0 Å². The van der Waals surface area contributed by atoms with Gasteiger partial charge in [0.05, 0.1) is 18.2 Å². The fourth-order valence-electron chi connectivity index (χ4n) is 3.91. The fourth-order valence-corrected chi connectivity index (χ4v) is 4.25. The molecule has 144 valence electrons. The lowest BCUT2D eigenvalue weighted by molar-refractivity contribution is -0.124. The molecule has 0 spiro atoms. The summed E-state index contributed by atoms with van der Waals surface area (Å²) in [7, 11) is 0. The molecular formula is C19H26Cl2N2O3. The van der Waals surface area contributed by atoms with Gasteiger partial charge in [-0.2, -0.15) is 0 Å². The third-order valence-electron chi connectivity index (χ3n) is 5.36. The summed E-state index contributed by atoms with van der Waals surface area (Å²) >= 11 is 12.1. The van der Waals surface area contributed by atoms with Gasteiger partial charge in [0.15, 0.2) is 6.61 Å². The normalized spacial score (nSPS) is 20.5. The standard InChI is InChI=1S/C19H26Cl2N2O3/c20-15-5-4-6-16(18(15)21)26-13-17(24)22-14-19(7-2-1-3-8-19)23-9-11-25-12-10-23/h4-6H,1-3,7-14H2,(H,22,24). The molecule has 0 unspecified atom stereocenters. The maximum absolute atomic E-state index is 12.3. The van der Waals surface area contributed by atoms with Crippen LogP contribution in [0, 0.1) is 0 Å². The van der Waals surface area contributed by atoms with E-state index in [1.807, 2.05) is 0 Å². The van der Waals surface area contributed by atoms with Crippen LogP contribution in [0.5, 0.6) is 5.75 Å². The van der Waals surface area contributed by atoms with Crippen LogP contribution >= 0.6 is 23.2 Å². The number of rotatable bonds is 6. The largest absolute Gasteiger partial charge is 0.482 e. The maximum Gasteiger partial charge on any atom is 0.258 e. The number of nitrogens with one attached hydrogen (secondary N) is 1. The fraction of sp³-hybridized carbons (Fsp3) is 0.632. The second-order valence-corrected chi connectivity index (χ2v) is 7.79. The Bertz CT molecular complexity index is 615. The average molecular weight is 401 g/mol. The number of ether oxygens (including phenoxy) is 2. The molecule has 1 N–H and O–H groups in total. The molecule has 3 rings (SSSR count). The zero-order valence-electron chi connectivity index (χ0n) is 14.9. The quantitative estimate of drug-likeness (QED) is 0.793. The molecule has 0 bridgehead atoms. The Kier molecular flexibility index (Phi) is 7.04. The summed E-state index contributed by atoms with van der Waals surface area (Å²) < 4.78 is 11.0. The molecule has 1 aromatic carbocycles. The first-order valence-corrected chi connectivity index (χ1v) is 10.0. The second kappa shape index (κ2) is 9.27. The van der Waals surface area contributed by atoms with E-state index in [1.165, 1.54) is 19.3 Å². The van der Waals surface area contributed by atoms with Gasteiger partial charge in [-0.25, -0.2) is 0 Å². The highest BCUT2D eigenvalue weighted by Gasteiger charge is 2.38. The molecule has 0 radical (unpaired) electrons. The van der Waals surface area contributed by atoms with Crippen molar-refractivity contribution in [3.8, 4) is 5.75 Å². The summed E-state index contributed by atoms with van der Waals surface area (Å²) in [5.41, 5.74) is 0.0470. The lowest BCUT2D eigenvalue weighted by Crippen LogP contribution is -2.60. The van der Waals surface area contributed by atoms with Crippen LogP contribution in [0.1, 0.15) is 32.1 Å². The van der Waals surface area contributed by atoms with E-state index in [4.69, 9.17) is 32.7 Å². The van der Waals surface area contributed by atoms with Crippen LogP contribution in [0.25, 0.3) is 0 Å². The van der Waals surface area contributed by atoms with Crippen molar-refractivity contribution in [3.05, 3.63) is 28.2 Å². The summed E-state index contributed by atoms with van der Waals surface area (Å²) in [4.78, 5) is 14.8. The first-order valence-electron chi connectivity index (χ1n) is 9.27. The van der Waals surface area contributed by atoms with Crippen LogP contribution in [-0.4, -0.2) is 55.8 Å². The van der Waals surface area contributed by atoms with Crippen molar-refractivity contribution < 1.29 is 14.3 Å². The van der Waals surface area contributed by atoms with Crippen molar-refractivity contribution in [1.29, 1.82) is 0 Å². The Morgan fingerprint density at radius 2 is 1.92 bits per heavy atom. The molecule has 1 amide bonds. The Balaban J connectivity index is 1.54. The zero-order valence-corrected chi connectivity index (χ0v) is 16.4. The van der Waals surface area contributed by atoms with E-state index in [9.17, 15) is 4.79 Å². The number of halogens is 2. The van der Waals surface area contributed by atoms with Crippen LogP contribution in [0.4, 0.5) is 0 Å². The van der Waals surface area contributed by atoms with Crippen molar-refractivity contribution >= 4 is 29.1 Å². The molecule has 1 heterocycles. The minimum absolute atomic E-state index is 0.0470. The van der Waals surface area contributed by atoms with Crippen molar-refractivity contribution in [3.63, 3.8) is 0 Å². The third kappa shape index (κ3) is 4.83. The van der Waals surface area contributed by atoms with Gasteiger partial charge in [-0.05, 0) is 25.0 Å². The van der Waals surface area contributed by atoms with E-state index in [0.717, 1.165) is 39.1 Å². The lowest BCUT2D eigenvalue weighted by atomic mass is 9.79. The van der Waals surface area contributed by atoms with Crippen LogP contribution in [-0.2, 0) is 9.53 Å². The van der Waals surface area contributed by atoms with Gasteiger partial charge in [-0.15, -0.1) is 0 Å².